The van der Waals surface area contributed by atoms with E-state index in [-0.39, 0.29) is 4.90 Å². The van der Waals surface area contributed by atoms with Crippen molar-refractivity contribution in [2.75, 3.05) is 25.6 Å². The maximum Gasteiger partial charge on any atom is 0.264 e. The lowest BCUT2D eigenvalue weighted by molar-refractivity contribution is 0.414. The zero-order valence-electron chi connectivity index (χ0n) is 12.1. The van der Waals surface area contributed by atoms with Crippen molar-refractivity contribution in [1.29, 1.82) is 0 Å². The molecule has 2 aromatic rings. The van der Waals surface area contributed by atoms with Crippen LogP contribution in [-0.2, 0) is 10.0 Å². The normalized spacial score (nSPS) is 11.0. The summed E-state index contributed by atoms with van der Waals surface area (Å²) in [5, 5.41) is 0. The van der Waals surface area contributed by atoms with Crippen LogP contribution in [0.1, 0.15) is 0 Å². The fourth-order valence-corrected chi connectivity index (χ4v) is 3.04. The van der Waals surface area contributed by atoms with Crippen molar-refractivity contribution in [3.05, 3.63) is 48.5 Å². The highest BCUT2D eigenvalue weighted by Crippen LogP contribution is 2.26. The Labute approximate surface area is 124 Å². The fraction of sp³-hybridized carbons (Fsp3) is 0.200. The lowest BCUT2D eigenvalue weighted by Crippen LogP contribution is -2.26. The van der Waals surface area contributed by atoms with Gasteiger partial charge in [-0.15, -0.1) is 0 Å². The molecule has 0 aromatic heterocycles. The Morgan fingerprint density at radius 3 is 2.10 bits per heavy atom. The molecule has 0 fully saturated rings. The minimum Gasteiger partial charge on any atom is -0.497 e. The van der Waals surface area contributed by atoms with Crippen LogP contribution in [0.4, 0.5) is 5.69 Å². The molecule has 0 saturated heterocycles. The van der Waals surface area contributed by atoms with Gasteiger partial charge in [0.25, 0.3) is 10.0 Å². The number of nitrogens with zero attached hydrogens (tertiary/aromatic N) is 1. The largest absolute Gasteiger partial charge is 0.497 e. The van der Waals surface area contributed by atoms with Gasteiger partial charge in [0.1, 0.15) is 11.5 Å². The third-order valence-corrected chi connectivity index (χ3v) is 4.93. The van der Waals surface area contributed by atoms with Crippen molar-refractivity contribution >= 4 is 15.7 Å². The molecule has 0 radical (unpaired) electrons. The van der Waals surface area contributed by atoms with Crippen LogP contribution in [0.2, 0.25) is 0 Å². The maximum atomic E-state index is 12.6. The quantitative estimate of drug-likeness (QED) is 0.852. The van der Waals surface area contributed by atoms with E-state index in [1.165, 1.54) is 37.7 Å². The Kier molecular flexibility index (Phi) is 4.37. The molecule has 6 heteroatoms. The van der Waals surface area contributed by atoms with Gasteiger partial charge in [0, 0.05) is 13.1 Å². The van der Waals surface area contributed by atoms with Crippen LogP contribution in [0, 0.1) is 0 Å². The summed E-state index contributed by atoms with van der Waals surface area (Å²) in [7, 11) is 0.961. The van der Waals surface area contributed by atoms with Crippen LogP contribution in [0.5, 0.6) is 11.5 Å². The summed E-state index contributed by atoms with van der Waals surface area (Å²) in [6, 6.07) is 13.2. The molecule has 112 valence electrons. The van der Waals surface area contributed by atoms with Gasteiger partial charge in [-0.05, 0) is 36.4 Å². The molecule has 0 saturated carbocycles. The Balaban J connectivity index is 2.37. The highest BCUT2D eigenvalue weighted by Gasteiger charge is 2.21. The molecule has 0 N–H and O–H groups in total. The number of methoxy groups -OCH3 is 2. The Morgan fingerprint density at radius 1 is 0.905 bits per heavy atom. The van der Waals surface area contributed by atoms with E-state index >= 15 is 0 Å². The molecule has 0 atom stereocenters. The second kappa shape index (κ2) is 6.05. The van der Waals surface area contributed by atoms with Crippen molar-refractivity contribution in [2.24, 2.45) is 0 Å². The van der Waals surface area contributed by atoms with E-state index in [0.29, 0.717) is 17.2 Å². The van der Waals surface area contributed by atoms with Gasteiger partial charge in [0.2, 0.25) is 0 Å². The molecule has 0 heterocycles. The van der Waals surface area contributed by atoms with Gasteiger partial charge in [0.05, 0.1) is 24.8 Å². The highest BCUT2D eigenvalue weighted by molar-refractivity contribution is 7.92. The molecule has 0 aliphatic rings. The van der Waals surface area contributed by atoms with E-state index in [0.717, 1.165) is 0 Å². The summed E-state index contributed by atoms with van der Waals surface area (Å²) in [6.45, 7) is 0. The molecule has 0 amide bonds. The van der Waals surface area contributed by atoms with E-state index in [1.807, 2.05) is 0 Å². The summed E-state index contributed by atoms with van der Waals surface area (Å²) < 4.78 is 36.5. The first kappa shape index (κ1) is 15.2. The summed E-state index contributed by atoms with van der Waals surface area (Å²) in [5.41, 5.74) is 0.533. The van der Waals surface area contributed by atoms with Crippen molar-refractivity contribution in [3.63, 3.8) is 0 Å². The number of hydrogen-bond acceptors (Lipinski definition) is 4. The molecule has 0 unspecified atom stereocenters. The predicted molar refractivity (Wildman–Crippen MR) is 81.6 cm³/mol. The number of ether oxygens (including phenoxy) is 2. The van der Waals surface area contributed by atoms with Gasteiger partial charge in [-0.1, -0.05) is 6.07 Å². The first-order valence-electron chi connectivity index (χ1n) is 6.26. The Morgan fingerprint density at radius 2 is 1.52 bits per heavy atom. The average molecular weight is 307 g/mol. The minimum atomic E-state index is -3.62. The maximum absolute atomic E-state index is 12.6. The zero-order chi connectivity index (χ0) is 15.5. The molecule has 2 rings (SSSR count). The first-order valence-corrected chi connectivity index (χ1v) is 7.70. The molecule has 2 aromatic carbocycles. The van der Waals surface area contributed by atoms with E-state index in [1.54, 1.807) is 36.4 Å². The van der Waals surface area contributed by atoms with E-state index in [9.17, 15) is 8.42 Å². The molecule has 0 bridgehead atoms. The third-order valence-electron chi connectivity index (χ3n) is 3.13. The van der Waals surface area contributed by atoms with Gasteiger partial charge in [-0.2, -0.15) is 0 Å². The van der Waals surface area contributed by atoms with Crippen LogP contribution >= 0.6 is 0 Å². The molecule has 21 heavy (non-hydrogen) atoms. The second-order valence-corrected chi connectivity index (χ2v) is 6.32. The van der Waals surface area contributed by atoms with Crippen LogP contribution in [0.25, 0.3) is 0 Å². The predicted octanol–water partition coefficient (Wildman–Crippen LogP) is 2.53. The van der Waals surface area contributed by atoms with E-state index in [2.05, 4.69) is 0 Å². The molecule has 0 spiro atoms. The number of rotatable bonds is 5. The van der Waals surface area contributed by atoms with Crippen molar-refractivity contribution in [3.8, 4) is 11.5 Å². The molecule has 0 aliphatic carbocycles. The fourth-order valence-electron chi connectivity index (χ4n) is 1.85. The van der Waals surface area contributed by atoms with Gasteiger partial charge < -0.3 is 9.47 Å². The van der Waals surface area contributed by atoms with Gasteiger partial charge in [-0.25, -0.2) is 8.42 Å². The third kappa shape index (κ3) is 3.11. The highest BCUT2D eigenvalue weighted by atomic mass is 32.2. The summed E-state index contributed by atoms with van der Waals surface area (Å²) in [4.78, 5) is 0.202. The summed E-state index contributed by atoms with van der Waals surface area (Å²) in [6.07, 6.45) is 0. The minimum absolute atomic E-state index is 0.202. The summed E-state index contributed by atoms with van der Waals surface area (Å²) in [5.74, 6) is 1.21. The van der Waals surface area contributed by atoms with Gasteiger partial charge >= 0.3 is 0 Å². The van der Waals surface area contributed by atoms with Crippen LogP contribution < -0.4 is 13.8 Å². The van der Waals surface area contributed by atoms with Crippen LogP contribution in [0.15, 0.2) is 53.4 Å². The Hall–Kier alpha value is -2.21. The lowest BCUT2D eigenvalue weighted by atomic mass is 10.3. The number of anilines is 1. The van der Waals surface area contributed by atoms with Gasteiger partial charge in [0.15, 0.2) is 0 Å². The standard InChI is InChI=1S/C15H17NO4S/c1-16(12-5-4-6-14(11-12)20-3)21(17,18)15-9-7-13(19-2)8-10-15/h4-11H,1-3H3. The van der Waals surface area contributed by atoms with E-state index in [4.69, 9.17) is 9.47 Å². The van der Waals surface area contributed by atoms with Crippen LogP contribution in [0.3, 0.4) is 0 Å². The first-order chi connectivity index (χ1) is 9.98. The number of benzene rings is 2. The van der Waals surface area contributed by atoms with Crippen molar-refractivity contribution in [1.82, 2.24) is 0 Å². The monoisotopic (exact) mass is 307 g/mol. The zero-order valence-corrected chi connectivity index (χ0v) is 12.9. The van der Waals surface area contributed by atoms with Gasteiger partial charge in [-0.3, -0.25) is 4.31 Å². The number of sulfonamides is 1. The SMILES string of the molecule is COc1ccc(S(=O)(=O)N(C)c2cccc(OC)c2)cc1. The van der Waals surface area contributed by atoms with E-state index < -0.39 is 10.0 Å². The molecular formula is C15H17NO4S. The number of hydrogen-bond donors (Lipinski definition) is 0. The average Bonchev–Trinajstić information content (AvgIpc) is 2.54. The molecule has 5 nitrogen and oxygen atoms in total. The van der Waals surface area contributed by atoms with Crippen LogP contribution in [-0.4, -0.2) is 29.7 Å². The van der Waals surface area contributed by atoms with Crippen molar-refractivity contribution < 1.29 is 17.9 Å². The Bertz CT molecular complexity index is 711. The second-order valence-electron chi connectivity index (χ2n) is 4.35. The topological polar surface area (TPSA) is 55.8 Å². The van der Waals surface area contributed by atoms with Crippen molar-refractivity contribution in [2.45, 2.75) is 4.90 Å². The summed E-state index contributed by atoms with van der Waals surface area (Å²) >= 11 is 0. The molecular weight excluding hydrogens is 290 g/mol. The lowest BCUT2D eigenvalue weighted by Gasteiger charge is -2.20. The molecule has 0 aliphatic heterocycles. The smallest absolute Gasteiger partial charge is 0.264 e.